The maximum Gasteiger partial charge on any atom is 0.596 e. The van der Waals surface area contributed by atoms with Crippen LogP contribution in [0.2, 0.25) is 20.1 Å². The van der Waals surface area contributed by atoms with Gasteiger partial charge in [-0.1, -0.05) is 46.4 Å². The highest BCUT2D eigenvalue weighted by molar-refractivity contribution is 7.61. The van der Waals surface area contributed by atoms with Crippen molar-refractivity contribution in [2.45, 2.75) is 0 Å². The molecule has 136 valence electrons. The molecule has 2 N–H and O–H groups in total. The molecule has 0 fully saturated rings. The third-order valence-electron chi connectivity index (χ3n) is 2.41. The maximum atomic E-state index is 12.7. The van der Waals surface area contributed by atoms with E-state index in [1.807, 2.05) is 0 Å². The summed E-state index contributed by atoms with van der Waals surface area (Å²) >= 11 is 23.2. The summed E-state index contributed by atoms with van der Waals surface area (Å²) in [7, 11) is -10.1. The lowest BCUT2D eigenvalue weighted by atomic mass is 10.3. The van der Waals surface area contributed by atoms with Crippen molar-refractivity contribution in [2.24, 2.45) is 0 Å². The second-order valence-corrected chi connectivity index (χ2v) is 8.93. The Morgan fingerprint density at radius 2 is 1.16 bits per heavy atom. The van der Waals surface area contributed by atoms with Crippen LogP contribution in [0.25, 0.3) is 0 Å². The minimum Gasteiger partial charge on any atom is -0.393 e. The quantitative estimate of drug-likeness (QED) is 0.504. The van der Waals surface area contributed by atoms with Crippen LogP contribution in [0.4, 0.5) is 0 Å². The molecule has 2 aromatic carbocycles. The van der Waals surface area contributed by atoms with E-state index in [2.05, 4.69) is 4.31 Å². The van der Waals surface area contributed by atoms with Crippen LogP contribution < -0.4 is 9.05 Å². The van der Waals surface area contributed by atoms with Gasteiger partial charge in [-0.25, -0.2) is 9.13 Å². The highest BCUT2D eigenvalue weighted by Crippen LogP contribution is 2.61. The third-order valence-corrected chi connectivity index (χ3v) is 5.97. The Morgan fingerprint density at radius 3 is 1.48 bits per heavy atom. The van der Waals surface area contributed by atoms with E-state index in [1.54, 1.807) is 0 Å². The normalized spacial score (nSPS) is 12.1. The molecular formula is C12H8Cl4O7P2. The van der Waals surface area contributed by atoms with Crippen LogP contribution in [0.15, 0.2) is 36.4 Å². The summed E-state index contributed by atoms with van der Waals surface area (Å²) < 4.78 is 38.0. The van der Waals surface area contributed by atoms with Gasteiger partial charge in [0.1, 0.15) is 0 Å². The lowest BCUT2D eigenvalue weighted by Gasteiger charge is -2.20. The average Bonchev–Trinajstić information content (AvgIpc) is 2.43. The van der Waals surface area contributed by atoms with Gasteiger partial charge in [0.2, 0.25) is 0 Å². The zero-order valence-electron chi connectivity index (χ0n) is 11.8. The first-order valence-corrected chi connectivity index (χ1v) is 10.6. The molecule has 0 aromatic heterocycles. The second kappa shape index (κ2) is 8.05. The van der Waals surface area contributed by atoms with Crippen molar-refractivity contribution in [3.63, 3.8) is 0 Å². The van der Waals surface area contributed by atoms with Crippen molar-refractivity contribution in [2.75, 3.05) is 0 Å². The summed E-state index contributed by atoms with van der Waals surface area (Å²) in [6, 6.07) is 7.64. The van der Waals surface area contributed by atoms with Crippen molar-refractivity contribution in [3.8, 4) is 11.5 Å². The Balaban J connectivity index is 2.39. The van der Waals surface area contributed by atoms with Gasteiger partial charge in [0.15, 0.2) is 11.5 Å². The molecule has 25 heavy (non-hydrogen) atoms. The van der Waals surface area contributed by atoms with E-state index in [4.69, 9.17) is 65.2 Å². The van der Waals surface area contributed by atoms with Gasteiger partial charge in [0.05, 0.1) is 10.0 Å². The zero-order valence-corrected chi connectivity index (χ0v) is 16.6. The summed E-state index contributed by atoms with van der Waals surface area (Å²) in [4.78, 5) is 18.0. The van der Waals surface area contributed by atoms with E-state index in [0.717, 1.165) is 0 Å². The van der Waals surface area contributed by atoms with Gasteiger partial charge in [-0.15, -0.1) is 0 Å². The number of benzene rings is 2. The van der Waals surface area contributed by atoms with Crippen molar-refractivity contribution in [1.82, 2.24) is 0 Å². The highest BCUT2D eigenvalue weighted by Gasteiger charge is 2.40. The molecule has 0 aliphatic rings. The molecule has 0 saturated heterocycles. The molecule has 0 bridgehead atoms. The molecule has 13 heteroatoms. The van der Waals surface area contributed by atoms with Crippen molar-refractivity contribution >= 4 is 62.0 Å². The van der Waals surface area contributed by atoms with E-state index in [9.17, 15) is 9.13 Å². The summed E-state index contributed by atoms with van der Waals surface area (Å²) in [5.41, 5.74) is 0. The SMILES string of the molecule is O=P(O)(O)OP(=O)(Oc1ccc(Cl)cc1Cl)Oc1ccc(Cl)cc1Cl. The fraction of sp³-hybridized carbons (Fsp3) is 0. The molecule has 0 heterocycles. The Bertz CT molecular complexity index is 828. The van der Waals surface area contributed by atoms with Gasteiger partial charge in [-0.2, -0.15) is 4.31 Å². The van der Waals surface area contributed by atoms with Gasteiger partial charge in [0, 0.05) is 10.0 Å². The average molecular weight is 468 g/mol. The first-order valence-electron chi connectivity index (χ1n) is 6.14. The standard InChI is InChI=1S/C12H8Cl4O7P2/c13-7-1-3-11(9(15)5-7)21-25(20,23-24(17,18)19)22-12-4-2-8(14)6-10(12)16/h1-6H,(H2,17,18,19). The van der Waals surface area contributed by atoms with Gasteiger partial charge in [-0.05, 0) is 36.4 Å². The summed E-state index contributed by atoms with van der Waals surface area (Å²) in [6.45, 7) is 0. The van der Waals surface area contributed by atoms with E-state index < -0.39 is 15.6 Å². The number of halogens is 4. The molecule has 0 amide bonds. The first-order chi connectivity index (χ1) is 11.5. The van der Waals surface area contributed by atoms with Crippen LogP contribution in [0.1, 0.15) is 0 Å². The van der Waals surface area contributed by atoms with E-state index in [0.29, 0.717) is 0 Å². The first kappa shape index (κ1) is 20.8. The highest BCUT2D eigenvalue weighted by atomic mass is 35.5. The monoisotopic (exact) mass is 466 g/mol. The lowest BCUT2D eigenvalue weighted by molar-refractivity contribution is 0.234. The number of phosphoric acid groups is 2. The minimum atomic E-state index is -5.26. The van der Waals surface area contributed by atoms with Gasteiger partial charge in [0.25, 0.3) is 0 Å². The van der Waals surface area contributed by atoms with E-state index in [1.165, 1.54) is 36.4 Å². The Hall–Kier alpha value is -0.460. The maximum absolute atomic E-state index is 12.7. The molecule has 0 aliphatic carbocycles. The number of phosphoric ester groups is 1. The largest absolute Gasteiger partial charge is 0.596 e. The van der Waals surface area contributed by atoms with Gasteiger partial charge < -0.3 is 18.8 Å². The molecule has 0 spiro atoms. The number of hydrogen-bond acceptors (Lipinski definition) is 5. The second-order valence-electron chi connectivity index (χ2n) is 4.35. The summed E-state index contributed by atoms with van der Waals surface area (Å²) in [5, 5.41) is 0.329. The van der Waals surface area contributed by atoms with Crippen LogP contribution in [0.3, 0.4) is 0 Å². The third kappa shape index (κ3) is 6.33. The predicted molar refractivity (Wildman–Crippen MR) is 94.9 cm³/mol. The number of rotatable bonds is 6. The molecule has 2 rings (SSSR count). The van der Waals surface area contributed by atoms with E-state index >= 15 is 0 Å². The molecule has 0 aliphatic heterocycles. The predicted octanol–water partition coefficient (Wildman–Crippen LogP) is 5.98. The van der Waals surface area contributed by atoms with Crippen LogP contribution in [0.5, 0.6) is 11.5 Å². The lowest BCUT2D eigenvalue weighted by Crippen LogP contribution is -2.04. The number of hydrogen-bond donors (Lipinski definition) is 2. The van der Waals surface area contributed by atoms with Gasteiger partial charge >= 0.3 is 15.6 Å². The van der Waals surface area contributed by atoms with Crippen LogP contribution >= 0.6 is 62.0 Å². The van der Waals surface area contributed by atoms with E-state index in [-0.39, 0.29) is 31.6 Å². The molecule has 7 nitrogen and oxygen atoms in total. The zero-order chi connectivity index (χ0) is 18.8. The van der Waals surface area contributed by atoms with Gasteiger partial charge in [-0.3, -0.25) is 0 Å². The molecule has 0 radical (unpaired) electrons. The fourth-order valence-electron chi connectivity index (χ4n) is 1.52. The molecule has 0 saturated carbocycles. The summed E-state index contributed by atoms with van der Waals surface area (Å²) in [6.07, 6.45) is 0. The molecule has 0 unspecified atom stereocenters. The Kier molecular flexibility index (Phi) is 6.71. The smallest absolute Gasteiger partial charge is 0.393 e. The fourth-order valence-corrected chi connectivity index (χ4v) is 4.67. The van der Waals surface area contributed by atoms with Crippen molar-refractivity contribution in [1.29, 1.82) is 0 Å². The Labute approximate surface area is 162 Å². The topological polar surface area (TPSA) is 102 Å². The van der Waals surface area contributed by atoms with Crippen LogP contribution in [-0.2, 0) is 13.4 Å². The summed E-state index contributed by atoms with van der Waals surface area (Å²) in [5.74, 6) is -0.485. The van der Waals surface area contributed by atoms with Crippen molar-refractivity contribution < 1.29 is 32.3 Å². The molecular weight excluding hydrogens is 460 g/mol. The molecule has 2 aromatic rings. The minimum absolute atomic E-state index is 0.0900. The van der Waals surface area contributed by atoms with Crippen molar-refractivity contribution in [3.05, 3.63) is 56.5 Å². The van der Waals surface area contributed by atoms with Crippen LogP contribution in [-0.4, -0.2) is 9.79 Å². The van der Waals surface area contributed by atoms with Crippen LogP contribution in [0, 0.1) is 0 Å². The molecule has 0 atom stereocenters. The Morgan fingerprint density at radius 1 is 0.760 bits per heavy atom.